The Labute approximate surface area is 232 Å². The molecule has 0 spiro atoms. The number of carbonyl (C=O) groups is 4. The number of nitrogens with two attached hydrogens (primary N) is 1. The van der Waals surface area contributed by atoms with E-state index in [1.165, 1.54) is 17.0 Å². The number of hydrogen-bond donors (Lipinski definition) is 5. The maximum absolute atomic E-state index is 13.6. The highest BCUT2D eigenvalue weighted by atomic mass is 32.2. The summed E-state index contributed by atoms with van der Waals surface area (Å²) < 4.78 is 0. The number of phenolic OH excluding ortho intramolecular Hbond substituents is 1. The van der Waals surface area contributed by atoms with Crippen molar-refractivity contribution in [3.63, 3.8) is 0 Å². The highest BCUT2D eigenvalue weighted by Crippen LogP contribution is 2.20. The number of benzene rings is 2. The molecule has 0 radical (unpaired) electrons. The predicted molar refractivity (Wildman–Crippen MR) is 149 cm³/mol. The normalized spacial score (nSPS) is 17.2. The standard InChI is InChI=1S/C28H36N4O6S/c1-39-15-13-21(29)25(34)30-22(16-18-6-3-2-4-7-18)26(35)31-23(17-19-9-11-20(33)12-10-19)27(36)32-14-5-8-24(32)28(37)38/h2-4,6-7,9-12,21-24,33H,5,8,13-17,29H2,1H3,(H,30,34)(H,31,35)(H,37,38). The maximum Gasteiger partial charge on any atom is 0.326 e. The van der Waals surface area contributed by atoms with E-state index in [4.69, 9.17) is 5.73 Å². The molecule has 1 aliphatic heterocycles. The molecule has 6 N–H and O–H groups in total. The summed E-state index contributed by atoms with van der Waals surface area (Å²) >= 11 is 1.56. The molecule has 210 valence electrons. The van der Waals surface area contributed by atoms with Gasteiger partial charge in [0, 0.05) is 19.4 Å². The second kappa shape index (κ2) is 14.5. The van der Waals surface area contributed by atoms with Crippen LogP contribution in [0.25, 0.3) is 0 Å². The van der Waals surface area contributed by atoms with Crippen LogP contribution in [-0.2, 0) is 32.0 Å². The van der Waals surface area contributed by atoms with Gasteiger partial charge in [0.2, 0.25) is 17.7 Å². The van der Waals surface area contributed by atoms with Crippen molar-refractivity contribution < 1.29 is 29.4 Å². The minimum absolute atomic E-state index is 0.0552. The number of nitrogens with one attached hydrogen (secondary N) is 2. The fourth-order valence-electron chi connectivity index (χ4n) is 4.54. The van der Waals surface area contributed by atoms with E-state index in [0.717, 1.165) is 5.56 Å². The van der Waals surface area contributed by atoms with Gasteiger partial charge in [-0.15, -0.1) is 0 Å². The van der Waals surface area contributed by atoms with Crippen LogP contribution >= 0.6 is 11.8 Å². The maximum atomic E-state index is 13.6. The lowest BCUT2D eigenvalue weighted by atomic mass is 10.0. The minimum atomic E-state index is -1.09. The Kier molecular flexibility index (Phi) is 11.2. The summed E-state index contributed by atoms with van der Waals surface area (Å²) in [6, 6.07) is 11.5. The molecule has 3 amide bonds. The van der Waals surface area contributed by atoms with Crippen LogP contribution in [0.5, 0.6) is 5.75 Å². The van der Waals surface area contributed by atoms with Crippen molar-refractivity contribution in [3.8, 4) is 5.75 Å². The molecule has 1 fully saturated rings. The van der Waals surface area contributed by atoms with E-state index in [1.807, 2.05) is 36.6 Å². The molecule has 0 aromatic heterocycles. The van der Waals surface area contributed by atoms with Crippen LogP contribution in [0.4, 0.5) is 0 Å². The van der Waals surface area contributed by atoms with Gasteiger partial charge in [0.05, 0.1) is 6.04 Å². The Morgan fingerprint density at radius 2 is 1.59 bits per heavy atom. The molecule has 2 aromatic rings. The molecule has 1 aliphatic rings. The SMILES string of the molecule is CSCCC(N)C(=O)NC(Cc1ccccc1)C(=O)NC(Cc1ccc(O)cc1)C(=O)N1CCCC1C(=O)O. The summed E-state index contributed by atoms with van der Waals surface area (Å²) in [7, 11) is 0. The number of hydrogen-bond acceptors (Lipinski definition) is 7. The van der Waals surface area contributed by atoms with Crippen LogP contribution in [0.2, 0.25) is 0 Å². The van der Waals surface area contributed by atoms with Gasteiger partial charge in [-0.3, -0.25) is 14.4 Å². The van der Waals surface area contributed by atoms with Gasteiger partial charge < -0.3 is 31.5 Å². The first-order valence-electron chi connectivity index (χ1n) is 12.9. The predicted octanol–water partition coefficient (Wildman–Crippen LogP) is 1.30. The van der Waals surface area contributed by atoms with E-state index in [2.05, 4.69) is 10.6 Å². The molecule has 0 bridgehead atoms. The van der Waals surface area contributed by atoms with E-state index < -0.39 is 47.9 Å². The molecule has 1 saturated heterocycles. The van der Waals surface area contributed by atoms with Crippen LogP contribution in [-0.4, -0.2) is 81.5 Å². The molecular weight excluding hydrogens is 520 g/mol. The van der Waals surface area contributed by atoms with Crippen molar-refractivity contribution in [3.05, 3.63) is 65.7 Å². The first-order valence-corrected chi connectivity index (χ1v) is 14.3. The summed E-state index contributed by atoms with van der Waals surface area (Å²) in [5, 5.41) is 24.8. The molecule has 11 heteroatoms. The van der Waals surface area contributed by atoms with Crippen molar-refractivity contribution in [2.24, 2.45) is 5.73 Å². The van der Waals surface area contributed by atoms with Crippen molar-refractivity contribution in [2.45, 2.75) is 56.3 Å². The number of carbonyl (C=O) groups excluding carboxylic acids is 3. The molecule has 1 heterocycles. The van der Waals surface area contributed by atoms with Gasteiger partial charge in [-0.25, -0.2) is 4.79 Å². The molecule has 3 rings (SSSR count). The summed E-state index contributed by atoms with van der Waals surface area (Å²) in [4.78, 5) is 53.1. The van der Waals surface area contributed by atoms with Crippen LogP contribution in [0, 0.1) is 0 Å². The summed E-state index contributed by atoms with van der Waals surface area (Å²) in [6.07, 6.45) is 3.49. The van der Waals surface area contributed by atoms with E-state index in [-0.39, 0.29) is 25.1 Å². The Morgan fingerprint density at radius 3 is 2.23 bits per heavy atom. The Balaban J connectivity index is 1.85. The molecule has 4 unspecified atom stereocenters. The smallest absolute Gasteiger partial charge is 0.326 e. The number of aliphatic carboxylic acids is 1. The highest BCUT2D eigenvalue weighted by molar-refractivity contribution is 7.98. The third kappa shape index (κ3) is 8.72. The zero-order valence-electron chi connectivity index (χ0n) is 21.9. The average molecular weight is 557 g/mol. The van der Waals surface area contributed by atoms with Crippen LogP contribution < -0.4 is 16.4 Å². The number of thioether (sulfide) groups is 1. The third-order valence-corrected chi connectivity index (χ3v) is 7.34. The lowest BCUT2D eigenvalue weighted by molar-refractivity contribution is -0.149. The third-order valence-electron chi connectivity index (χ3n) is 6.70. The Morgan fingerprint density at radius 1 is 0.974 bits per heavy atom. The Hall–Kier alpha value is -3.57. The van der Waals surface area contributed by atoms with Gasteiger partial charge in [-0.1, -0.05) is 42.5 Å². The number of carboxylic acids is 1. The lowest BCUT2D eigenvalue weighted by Crippen LogP contribution is -2.58. The number of aromatic hydroxyl groups is 1. The van der Waals surface area contributed by atoms with Gasteiger partial charge in [0.25, 0.3) is 0 Å². The highest BCUT2D eigenvalue weighted by Gasteiger charge is 2.38. The van der Waals surface area contributed by atoms with Gasteiger partial charge in [0.15, 0.2) is 0 Å². The summed E-state index contributed by atoms with van der Waals surface area (Å²) in [5.74, 6) is -1.90. The van der Waals surface area contributed by atoms with Gasteiger partial charge in [0.1, 0.15) is 23.9 Å². The summed E-state index contributed by atoms with van der Waals surface area (Å²) in [5.41, 5.74) is 7.52. The molecular formula is C28H36N4O6S. The zero-order chi connectivity index (χ0) is 28.4. The zero-order valence-corrected chi connectivity index (χ0v) is 22.7. The second-order valence-electron chi connectivity index (χ2n) is 9.60. The number of carboxylic acid groups (broad SMARTS) is 1. The monoisotopic (exact) mass is 556 g/mol. The van der Waals surface area contributed by atoms with Crippen molar-refractivity contribution in [2.75, 3.05) is 18.6 Å². The van der Waals surface area contributed by atoms with E-state index in [9.17, 15) is 29.4 Å². The first kappa shape index (κ1) is 30.0. The number of nitrogens with zero attached hydrogens (tertiary/aromatic N) is 1. The van der Waals surface area contributed by atoms with E-state index >= 15 is 0 Å². The molecule has 4 atom stereocenters. The van der Waals surface area contributed by atoms with Crippen molar-refractivity contribution in [1.82, 2.24) is 15.5 Å². The second-order valence-corrected chi connectivity index (χ2v) is 10.6. The molecule has 39 heavy (non-hydrogen) atoms. The number of rotatable bonds is 13. The number of likely N-dealkylation sites (tertiary alicyclic amines) is 1. The fraction of sp³-hybridized carbons (Fsp3) is 0.429. The van der Waals surface area contributed by atoms with E-state index in [1.54, 1.807) is 23.9 Å². The molecule has 0 saturated carbocycles. The molecule has 2 aromatic carbocycles. The minimum Gasteiger partial charge on any atom is -0.508 e. The number of amides is 3. The summed E-state index contributed by atoms with van der Waals surface area (Å²) in [6.45, 7) is 0.270. The largest absolute Gasteiger partial charge is 0.508 e. The first-order chi connectivity index (χ1) is 18.7. The Bertz CT molecular complexity index is 1130. The van der Waals surface area contributed by atoms with Crippen LogP contribution in [0.3, 0.4) is 0 Å². The van der Waals surface area contributed by atoms with Gasteiger partial charge >= 0.3 is 5.97 Å². The molecule has 10 nitrogen and oxygen atoms in total. The van der Waals surface area contributed by atoms with Gasteiger partial charge in [-0.05, 0) is 54.5 Å². The quantitative estimate of drug-likeness (QED) is 0.247. The average Bonchev–Trinajstić information content (AvgIpc) is 3.43. The van der Waals surface area contributed by atoms with Crippen molar-refractivity contribution in [1.29, 1.82) is 0 Å². The van der Waals surface area contributed by atoms with Crippen molar-refractivity contribution >= 4 is 35.5 Å². The fourth-order valence-corrected chi connectivity index (χ4v) is 5.03. The molecule has 0 aliphatic carbocycles. The number of phenols is 1. The van der Waals surface area contributed by atoms with Gasteiger partial charge in [-0.2, -0.15) is 11.8 Å². The lowest BCUT2D eigenvalue weighted by Gasteiger charge is -2.29. The van der Waals surface area contributed by atoms with Crippen LogP contribution in [0.1, 0.15) is 30.4 Å². The topological polar surface area (TPSA) is 162 Å². The van der Waals surface area contributed by atoms with Crippen LogP contribution in [0.15, 0.2) is 54.6 Å². The van der Waals surface area contributed by atoms with E-state index in [0.29, 0.717) is 30.6 Å².